The first-order valence-electron chi connectivity index (χ1n) is 5.36. The van der Waals surface area contributed by atoms with Crippen LogP contribution < -0.4 is 0 Å². The molecule has 3 nitrogen and oxygen atoms in total. The van der Waals surface area contributed by atoms with E-state index in [4.69, 9.17) is 16.7 Å². The lowest BCUT2D eigenvalue weighted by Crippen LogP contribution is -2.07. The van der Waals surface area contributed by atoms with E-state index < -0.39 is 17.7 Å². The summed E-state index contributed by atoms with van der Waals surface area (Å²) >= 11 is 5.79. The molecule has 0 saturated carbocycles. The largest absolute Gasteiger partial charge is 0.478 e. The van der Waals surface area contributed by atoms with E-state index in [2.05, 4.69) is 4.98 Å². The molecular weight excluding hydrogens is 295 g/mol. The molecule has 0 aliphatic carbocycles. The standard InChI is InChI=1S/C13H7ClF3NO2/c14-11-9(5-7(6-18-11)12(19)20)8-3-1-2-4-10(8)13(15,16)17/h1-6H,(H,19,20). The molecule has 104 valence electrons. The maximum atomic E-state index is 12.9. The number of halogens is 4. The van der Waals surface area contributed by atoms with Crippen molar-refractivity contribution in [2.75, 3.05) is 0 Å². The maximum Gasteiger partial charge on any atom is 0.417 e. The summed E-state index contributed by atoms with van der Waals surface area (Å²) < 4.78 is 38.8. The fourth-order valence-electron chi connectivity index (χ4n) is 1.72. The van der Waals surface area contributed by atoms with Crippen molar-refractivity contribution in [2.24, 2.45) is 0 Å². The van der Waals surface area contributed by atoms with Gasteiger partial charge < -0.3 is 5.11 Å². The van der Waals surface area contributed by atoms with Crippen molar-refractivity contribution in [1.82, 2.24) is 4.98 Å². The first kappa shape index (κ1) is 14.3. The molecule has 2 rings (SSSR count). The molecule has 0 saturated heterocycles. The summed E-state index contributed by atoms with van der Waals surface area (Å²) in [5.74, 6) is -1.29. The van der Waals surface area contributed by atoms with E-state index in [9.17, 15) is 18.0 Å². The second-order valence-corrected chi connectivity index (χ2v) is 4.27. The van der Waals surface area contributed by atoms with Gasteiger partial charge in [-0.3, -0.25) is 0 Å². The summed E-state index contributed by atoms with van der Waals surface area (Å²) in [6.45, 7) is 0. The summed E-state index contributed by atoms with van der Waals surface area (Å²) in [4.78, 5) is 14.5. The number of alkyl halides is 3. The Labute approximate surface area is 116 Å². The van der Waals surface area contributed by atoms with Crippen molar-refractivity contribution in [2.45, 2.75) is 6.18 Å². The number of benzene rings is 1. The van der Waals surface area contributed by atoms with Crippen molar-refractivity contribution < 1.29 is 23.1 Å². The molecule has 0 atom stereocenters. The van der Waals surface area contributed by atoms with Gasteiger partial charge in [-0.2, -0.15) is 13.2 Å². The van der Waals surface area contributed by atoms with Crippen molar-refractivity contribution in [1.29, 1.82) is 0 Å². The SMILES string of the molecule is O=C(O)c1cnc(Cl)c(-c2ccccc2C(F)(F)F)c1. The van der Waals surface area contributed by atoms with Crippen molar-refractivity contribution in [3.8, 4) is 11.1 Å². The average Bonchev–Trinajstić information content (AvgIpc) is 2.38. The molecule has 0 amide bonds. The van der Waals surface area contributed by atoms with E-state index >= 15 is 0 Å². The van der Waals surface area contributed by atoms with Gasteiger partial charge in [0, 0.05) is 11.8 Å². The van der Waals surface area contributed by atoms with E-state index in [1.165, 1.54) is 18.2 Å². The molecule has 1 N–H and O–H groups in total. The highest BCUT2D eigenvalue weighted by molar-refractivity contribution is 6.32. The molecule has 1 heterocycles. The minimum atomic E-state index is -4.57. The Morgan fingerprint density at radius 1 is 1.20 bits per heavy atom. The van der Waals surface area contributed by atoms with Gasteiger partial charge in [-0.25, -0.2) is 9.78 Å². The molecule has 20 heavy (non-hydrogen) atoms. The van der Waals surface area contributed by atoms with Crippen LogP contribution in [0.25, 0.3) is 11.1 Å². The van der Waals surface area contributed by atoms with Gasteiger partial charge >= 0.3 is 12.1 Å². The molecule has 1 aromatic carbocycles. The van der Waals surface area contributed by atoms with Crippen LogP contribution in [-0.2, 0) is 6.18 Å². The second-order valence-electron chi connectivity index (χ2n) is 3.91. The van der Waals surface area contributed by atoms with Crippen molar-refractivity contribution in [3.05, 3.63) is 52.8 Å². The number of aromatic nitrogens is 1. The molecule has 2 aromatic rings. The fourth-order valence-corrected chi connectivity index (χ4v) is 1.92. The minimum absolute atomic E-state index is 0.0699. The highest BCUT2D eigenvalue weighted by atomic mass is 35.5. The molecular formula is C13H7ClF3NO2. The summed E-state index contributed by atoms with van der Waals surface area (Å²) in [5.41, 5.74) is -1.41. The van der Waals surface area contributed by atoms with Gasteiger partial charge in [0.25, 0.3) is 0 Å². The van der Waals surface area contributed by atoms with Gasteiger partial charge in [-0.15, -0.1) is 0 Å². The molecule has 0 fully saturated rings. The molecule has 0 bridgehead atoms. The highest BCUT2D eigenvalue weighted by Gasteiger charge is 2.34. The van der Waals surface area contributed by atoms with Gasteiger partial charge in [0.15, 0.2) is 0 Å². The summed E-state index contributed by atoms with van der Waals surface area (Å²) in [6, 6.07) is 5.85. The third-order valence-electron chi connectivity index (χ3n) is 2.61. The van der Waals surface area contributed by atoms with Gasteiger partial charge in [0.2, 0.25) is 0 Å². The van der Waals surface area contributed by atoms with Crippen LogP contribution in [0.3, 0.4) is 0 Å². The third-order valence-corrected chi connectivity index (χ3v) is 2.91. The summed E-state index contributed by atoms with van der Waals surface area (Å²) in [7, 11) is 0. The lowest BCUT2D eigenvalue weighted by atomic mass is 9.99. The molecule has 0 aliphatic heterocycles. The maximum absolute atomic E-state index is 12.9. The molecule has 1 aromatic heterocycles. The number of carbonyl (C=O) groups is 1. The number of hydrogen-bond acceptors (Lipinski definition) is 2. The molecule has 0 spiro atoms. The average molecular weight is 302 g/mol. The minimum Gasteiger partial charge on any atom is -0.478 e. The first-order chi connectivity index (χ1) is 9.30. The Balaban J connectivity index is 2.69. The normalized spacial score (nSPS) is 11.4. The molecule has 0 unspecified atom stereocenters. The van der Waals surface area contributed by atoms with Crippen molar-refractivity contribution >= 4 is 17.6 Å². The van der Waals surface area contributed by atoms with Crippen LogP contribution in [0.15, 0.2) is 36.5 Å². The predicted octanol–water partition coefficient (Wildman–Crippen LogP) is 4.12. The van der Waals surface area contributed by atoms with Gasteiger partial charge in [-0.1, -0.05) is 29.8 Å². The van der Waals surface area contributed by atoms with Crippen LogP contribution in [0.2, 0.25) is 5.15 Å². The van der Waals surface area contributed by atoms with Crippen LogP contribution in [-0.4, -0.2) is 16.1 Å². The summed E-state index contributed by atoms with van der Waals surface area (Å²) in [6.07, 6.45) is -3.58. The molecule has 0 aliphatic rings. The quantitative estimate of drug-likeness (QED) is 0.849. The lowest BCUT2D eigenvalue weighted by molar-refractivity contribution is -0.137. The first-order valence-corrected chi connectivity index (χ1v) is 5.74. The predicted molar refractivity (Wildman–Crippen MR) is 66.6 cm³/mol. The molecule has 7 heteroatoms. The number of rotatable bonds is 2. The van der Waals surface area contributed by atoms with E-state index in [1.54, 1.807) is 0 Å². The number of carboxylic acids is 1. The Hall–Kier alpha value is -2.08. The number of aromatic carboxylic acids is 1. The number of carboxylic acid groups (broad SMARTS) is 1. The monoisotopic (exact) mass is 301 g/mol. The highest BCUT2D eigenvalue weighted by Crippen LogP contribution is 2.38. The number of pyridine rings is 1. The lowest BCUT2D eigenvalue weighted by Gasteiger charge is -2.13. The fraction of sp³-hybridized carbons (Fsp3) is 0.0769. The number of nitrogens with zero attached hydrogens (tertiary/aromatic N) is 1. The zero-order valence-electron chi connectivity index (χ0n) is 9.78. The van der Waals surface area contributed by atoms with E-state index in [1.807, 2.05) is 0 Å². The van der Waals surface area contributed by atoms with Gasteiger partial charge in [0.1, 0.15) is 5.15 Å². The smallest absolute Gasteiger partial charge is 0.417 e. The van der Waals surface area contributed by atoms with E-state index in [0.717, 1.165) is 18.3 Å². The van der Waals surface area contributed by atoms with Crippen LogP contribution in [0, 0.1) is 0 Å². The number of hydrogen-bond donors (Lipinski definition) is 1. The Morgan fingerprint density at radius 3 is 2.45 bits per heavy atom. The van der Waals surface area contributed by atoms with Crippen LogP contribution in [0.5, 0.6) is 0 Å². The Morgan fingerprint density at radius 2 is 1.85 bits per heavy atom. The van der Waals surface area contributed by atoms with Gasteiger partial charge in [-0.05, 0) is 17.7 Å². The third kappa shape index (κ3) is 2.75. The van der Waals surface area contributed by atoms with Crippen LogP contribution in [0.4, 0.5) is 13.2 Å². The zero-order valence-corrected chi connectivity index (χ0v) is 10.5. The van der Waals surface area contributed by atoms with Crippen molar-refractivity contribution in [3.63, 3.8) is 0 Å². The topological polar surface area (TPSA) is 50.2 Å². The van der Waals surface area contributed by atoms with E-state index in [0.29, 0.717) is 0 Å². The van der Waals surface area contributed by atoms with Gasteiger partial charge in [0.05, 0.1) is 11.1 Å². The summed E-state index contributed by atoms with van der Waals surface area (Å²) in [5, 5.41) is 8.68. The van der Waals surface area contributed by atoms with Crippen LogP contribution in [0.1, 0.15) is 15.9 Å². The van der Waals surface area contributed by atoms with Crippen LogP contribution >= 0.6 is 11.6 Å². The molecule has 0 radical (unpaired) electrons. The Kier molecular flexibility index (Phi) is 3.67. The zero-order chi connectivity index (χ0) is 14.9. The van der Waals surface area contributed by atoms with E-state index in [-0.39, 0.29) is 21.8 Å². The Bertz CT molecular complexity index is 671. The second kappa shape index (κ2) is 5.13.